The van der Waals surface area contributed by atoms with Gasteiger partial charge in [0.05, 0.1) is 12.6 Å². The number of rotatable bonds is 5. The molecule has 0 aliphatic rings. The topological polar surface area (TPSA) is 53.6 Å². The molecule has 4 nitrogen and oxygen atoms in total. The minimum absolute atomic E-state index is 0.0361. The van der Waals surface area contributed by atoms with Crippen LogP contribution in [0.5, 0.6) is 0 Å². The van der Waals surface area contributed by atoms with E-state index in [2.05, 4.69) is 10.3 Å². The molecule has 23 heavy (non-hydrogen) atoms. The van der Waals surface area contributed by atoms with Crippen LogP contribution in [0.3, 0.4) is 0 Å². The van der Waals surface area contributed by atoms with E-state index in [4.69, 9.17) is 5.73 Å². The Bertz CT molecular complexity index is 648. The maximum Gasteiger partial charge on any atom is 0.193 e. The van der Waals surface area contributed by atoms with Gasteiger partial charge in [0.25, 0.3) is 0 Å². The number of guanidine groups is 1. The van der Waals surface area contributed by atoms with Crippen molar-refractivity contribution < 1.29 is 4.39 Å². The molecule has 0 spiro atoms. The number of likely N-dealkylation sites (N-methyl/N-ethyl adjacent to an activating group) is 1. The highest BCUT2D eigenvalue weighted by molar-refractivity contribution is 5.92. The Morgan fingerprint density at radius 3 is 2.30 bits per heavy atom. The molecule has 0 radical (unpaired) electrons. The fourth-order valence-corrected chi connectivity index (χ4v) is 2.26. The van der Waals surface area contributed by atoms with Crippen molar-refractivity contribution >= 4 is 11.6 Å². The molecular weight excluding hydrogens is 291 g/mol. The third-order valence-corrected chi connectivity index (χ3v) is 3.64. The number of nitrogens with one attached hydrogen (secondary N) is 1. The second-order valence-electron chi connectivity index (χ2n) is 5.75. The maximum absolute atomic E-state index is 13.1. The summed E-state index contributed by atoms with van der Waals surface area (Å²) in [5.41, 5.74) is 9.05. The third kappa shape index (κ3) is 5.07. The normalized spacial score (nSPS) is 13.2. The fraction of sp³-hybridized carbons (Fsp3) is 0.278. The first kappa shape index (κ1) is 17.0. The van der Waals surface area contributed by atoms with Gasteiger partial charge in [-0.2, -0.15) is 0 Å². The highest BCUT2D eigenvalue weighted by atomic mass is 19.1. The van der Waals surface area contributed by atoms with Crippen molar-refractivity contribution in [3.05, 3.63) is 65.5 Å². The van der Waals surface area contributed by atoms with E-state index in [9.17, 15) is 4.39 Å². The van der Waals surface area contributed by atoms with E-state index in [-0.39, 0.29) is 11.9 Å². The van der Waals surface area contributed by atoms with Crippen LogP contribution in [0.15, 0.2) is 53.5 Å². The van der Waals surface area contributed by atoms with Crippen LogP contribution in [0, 0.1) is 12.7 Å². The van der Waals surface area contributed by atoms with Crippen LogP contribution >= 0.6 is 0 Å². The molecule has 2 aromatic rings. The Kier molecular flexibility index (Phi) is 5.71. The Labute approximate surface area is 136 Å². The van der Waals surface area contributed by atoms with Gasteiger partial charge in [0.2, 0.25) is 0 Å². The number of hydrogen-bond acceptors (Lipinski definition) is 2. The predicted molar refractivity (Wildman–Crippen MR) is 94.1 cm³/mol. The maximum atomic E-state index is 13.1. The van der Waals surface area contributed by atoms with Crippen molar-refractivity contribution in [2.24, 2.45) is 10.7 Å². The van der Waals surface area contributed by atoms with Gasteiger partial charge in [0, 0.05) is 5.69 Å². The number of benzene rings is 2. The predicted octanol–water partition coefficient (Wildman–Crippen LogP) is 3.16. The third-order valence-electron chi connectivity index (χ3n) is 3.64. The summed E-state index contributed by atoms with van der Waals surface area (Å²) in [6, 6.07) is 14.5. The molecule has 122 valence electrons. The van der Waals surface area contributed by atoms with E-state index in [1.807, 2.05) is 50.2 Å². The SMILES string of the molecule is Cc1ccc(NC(N)=NCC(c2ccc(F)cc2)N(C)C)cc1. The molecule has 2 aromatic carbocycles. The summed E-state index contributed by atoms with van der Waals surface area (Å²) in [4.78, 5) is 6.45. The molecule has 1 atom stereocenters. The number of nitrogens with two attached hydrogens (primary N) is 1. The van der Waals surface area contributed by atoms with E-state index >= 15 is 0 Å². The van der Waals surface area contributed by atoms with E-state index in [1.54, 1.807) is 12.1 Å². The highest BCUT2D eigenvalue weighted by Crippen LogP contribution is 2.19. The summed E-state index contributed by atoms with van der Waals surface area (Å²) in [6.07, 6.45) is 0. The lowest BCUT2D eigenvalue weighted by molar-refractivity contribution is 0.306. The number of aryl methyl sites for hydroxylation is 1. The molecule has 3 N–H and O–H groups in total. The molecule has 0 fully saturated rings. The number of hydrogen-bond donors (Lipinski definition) is 2. The average molecular weight is 314 g/mol. The summed E-state index contributed by atoms with van der Waals surface area (Å²) < 4.78 is 13.1. The molecule has 1 unspecified atom stereocenters. The first-order valence-corrected chi connectivity index (χ1v) is 7.51. The van der Waals surface area contributed by atoms with Crippen LogP contribution in [-0.2, 0) is 0 Å². The van der Waals surface area contributed by atoms with Gasteiger partial charge in [-0.05, 0) is 50.8 Å². The van der Waals surface area contributed by atoms with Crippen LogP contribution in [0.25, 0.3) is 0 Å². The summed E-state index contributed by atoms with van der Waals surface area (Å²) in [7, 11) is 3.93. The summed E-state index contributed by atoms with van der Waals surface area (Å²) in [6.45, 7) is 2.52. The van der Waals surface area contributed by atoms with Gasteiger partial charge in [-0.1, -0.05) is 29.8 Å². The molecule has 5 heteroatoms. The van der Waals surface area contributed by atoms with Gasteiger partial charge in [0.1, 0.15) is 5.82 Å². The van der Waals surface area contributed by atoms with Gasteiger partial charge in [0.15, 0.2) is 5.96 Å². The summed E-state index contributed by atoms with van der Waals surface area (Å²) in [5, 5.41) is 3.07. The van der Waals surface area contributed by atoms with E-state index < -0.39 is 0 Å². The van der Waals surface area contributed by atoms with Gasteiger partial charge >= 0.3 is 0 Å². The minimum atomic E-state index is -0.240. The van der Waals surface area contributed by atoms with Crippen LogP contribution < -0.4 is 11.1 Å². The van der Waals surface area contributed by atoms with Crippen molar-refractivity contribution in [3.63, 3.8) is 0 Å². The van der Waals surface area contributed by atoms with Gasteiger partial charge in [-0.3, -0.25) is 4.99 Å². The quantitative estimate of drug-likeness (QED) is 0.658. The molecular formula is C18H23FN4. The molecule has 0 aliphatic heterocycles. The smallest absolute Gasteiger partial charge is 0.193 e. The summed E-state index contributed by atoms with van der Waals surface area (Å²) >= 11 is 0. The number of halogens is 1. The van der Waals surface area contributed by atoms with Crippen LogP contribution in [0.2, 0.25) is 0 Å². The second-order valence-corrected chi connectivity index (χ2v) is 5.75. The average Bonchev–Trinajstić information content (AvgIpc) is 2.51. The number of aliphatic imine (C=N–C) groups is 1. The molecule has 0 aromatic heterocycles. The Morgan fingerprint density at radius 1 is 1.13 bits per heavy atom. The molecule has 0 saturated heterocycles. The number of anilines is 1. The monoisotopic (exact) mass is 314 g/mol. The first-order valence-electron chi connectivity index (χ1n) is 7.51. The van der Waals surface area contributed by atoms with Crippen molar-refractivity contribution in [2.45, 2.75) is 13.0 Å². The Hall–Kier alpha value is -2.40. The highest BCUT2D eigenvalue weighted by Gasteiger charge is 2.13. The minimum Gasteiger partial charge on any atom is -0.370 e. The zero-order chi connectivity index (χ0) is 16.8. The Balaban J connectivity index is 2.04. The zero-order valence-electron chi connectivity index (χ0n) is 13.8. The largest absolute Gasteiger partial charge is 0.370 e. The van der Waals surface area contributed by atoms with Crippen molar-refractivity contribution in [2.75, 3.05) is 26.0 Å². The lowest BCUT2D eigenvalue weighted by Gasteiger charge is -2.23. The van der Waals surface area contributed by atoms with Crippen molar-refractivity contribution in [1.82, 2.24) is 4.90 Å². The summed E-state index contributed by atoms with van der Waals surface area (Å²) in [5.74, 6) is 0.123. The molecule has 0 heterocycles. The van der Waals surface area contributed by atoms with E-state index in [0.717, 1.165) is 11.3 Å². The van der Waals surface area contributed by atoms with Gasteiger partial charge in [-0.25, -0.2) is 4.39 Å². The van der Waals surface area contributed by atoms with Gasteiger partial charge < -0.3 is 16.0 Å². The zero-order valence-corrected chi connectivity index (χ0v) is 13.8. The number of nitrogens with zero attached hydrogens (tertiary/aromatic N) is 2. The van der Waals surface area contributed by atoms with Crippen LogP contribution in [0.4, 0.5) is 10.1 Å². The van der Waals surface area contributed by atoms with E-state index in [1.165, 1.54) is 17.7 Å². The Morgan fingerprint density at radius 2 is 1.74 bits per heavy atom. The molecule has 0 aliphatic carbocycles. The molecule has 0 amide bonds. The standard InChI is InChI=1S/C18H23FN4/c1-13-4-10-16(11-5-13)22-18(20)21-12-17(23(2)3)14-6-8-15(19)9-7-14/h4-11,17H,12H2,1-3H3,(H3,20,21,22). The lowest BCUT2D eigenvalue weighted by Crippen LogP contribution is -2.27. The molecule has 2 rings (SSSR count). The van der Waals surface area contributed by atoms with Crippen molar-refractivity contribution in [1.29, 1.82) is 0 Å². The molecule has 0 bridgehead atoms. The van der Waals surface area contributed by atoms with Gasteiger partial charge in [-0.15, -0.1) is 0 Å². The van der Waals surface area contributed by atoms with Crippen molar-refractivity contribution in [3.8, 4) is 0 Å². The fourth-order valence-electron chi connectivity index (χ4n) is 2.26. The van der Waals surface area contributed by atoms with Crippen LogP contribution in [-0.4, -0.2) is 31.5 Å². The molecule has 0 saturated carbocycles. The van der Waals surface area contributed by atoms with E-state index in [0.29, 0.717) is 12.5 Å². The second kappa shape index (κ2) is 7.74. The van der Waals surface area contributed by atoms with Crippen LogP contribution in [0.1, 0.15) is 17.2 Å². The first-order chi connectivity index (χ1) is 11.0. The lowest BCUT2D eigenvalue weighted by atomic mass is 10.1.